The Balaban J connectivity index is 1.96. The van der Waals surface area contributed by atoms with Crippen LogP contribution in [-0.4, -0.2) is 34.7 Å². The number of hydrogen-bond acceptors (Lipinski definition) is 2. The Morgan fingerprint density at radius 1 is 1.16 bits per heavy atom. The lowest BCUT2D eigenvalue weighted by molar-refractivity contribution is 0.0788. The first-order valence-electron chi connectivity index (χ1n) is 6.58. The minimum atomic E-state index is 0.0314. The summed E-state index contributed by atoms with van der Waals surface area (Å²) in [5.41, 5.74) is 2.11. The highest BCUT2D eigenvalue weighted by molar-refractivity contribution is 6.01. The van der Waals surface area contributed by atoms with Crippen molar-refractivity contribution in [2.75, 3.05) is 13.1 Å². The van der Waals surface area contributed by atoms with Crippen molar-refractivity contribution in [2.24, 2.45) is 0 Å². The molecule has 0 unspecified atom stereocenters. The van der Waals surface area contributed by atoms with E-state index >= 15 is 0 Å². The van der Waals surface area contributed by atoms with E-state index in [2.05, 4.69) is 4.98 Å². The van der Waals surface area contributed by atoms with E-state index in [1.165, 1.54) is 0 Å². The highest BCUT2D eigenvalue weighted by Crippen LogP contribution is 2.20. The van der Waals surface area contributed by atoms with Crippen molar-refractivity contribution < 1.29 is 9.59 Å². The fourth-order valence-electron chi connectivity index (χ4n) is 2.55. The third-order valence-corrected chi connectivity index (χ3v) is 3.65. The van der Waals surface area contributed by atoms with Crippen molar-refractivity contribution in [3.05, 3.63) is 35.5 Å². The molecule has 0 bridgehead atoms. The zero-order valence-corrected chi connectivity index (χ0v) is 10.9. The first kappa shape index (κ1) is 12.0. The van der Waals surface area contributed by atoms with Gasteiger partial charge in [-0.1, -0.05) is 12.1 Å². The maximum Gasteiger partial charge on any atom is 0.270 e. The summed E-state index contributed by atoms with van der Waals surface area (Å²) in [5, 5.41) is 0.965. The molecule has 19 heavy (non-hydrogen) atoms. The van der Waals surface area contributed by atoms with Crippen LogP contribution < -0.4 is 0 Å². The number of ketones is 1. The highest BCUT2D eigenvalue weighted by Gasteiger charge is 2.20. The minimum absolute atomic E-state index is 0.0314. The molecule has 1 aromatic heterocycles. The molecule has 4 heteroatoms. The molecule has 0 radical (unpaired) electrons. The third-order valence-electron chi connectivity index (χ3n) is 3.65. The number of carbonyl (C=O) groups is 2. The lowest BCUT2D eigenvalue weighted by atomic mass is 10.1. The summed E-state index contributed by atoms with van der Waals surface area (Å²) >= 11 is 0. The lowest BCUT2D eigenvalue weighted by Crippen LogP contribution is -2.27. The Kier molecular flexibility index (Phi) is 2.85. The van der Waals surface area contributed by atoms with Gasteiger partial charge in [-0.05, 0) is 31.9 Å². The van der Waals surface area contributed by atoms with Crippen molar-refractivity contribution >= 4 is 22.6 Å². The van der Waals surface area contributed by atoms with Crippen molar-refractivity contribution in [1.29, 1.82) is 0 Å². The van der Waals surface area contributed by atoms with Crippen molar-refractivity contribution in [3.8, 4) is 0 Å². The number of likely N-dealkylation sites (tertiary alicyclic amines) is 1. The van der Waals surface area contributed by atoms with Gasteiger partial charge in [-0.25, -0.2) is 0 Å². The van der Waals surface area contributed by atoms with E-state index in [1.54, 1.807) is 19.1 Å². The Labute approximate surface area is 111 Å². The van der Waals surface area contributed by atoms with Gasteiger partial charge in [0.25, 0.3) is 5.91 Å². The Morgan fingerprint density at radius 3 is 2.58 bits per heavy atom. The predicted octanol–water partition coefficient (Wildman–Crippen LogP) is 2.61. The van der Waals surface area contributed by atoms with Crippen LogP contribution in [-0.2, 0) is 0 Å². The molecule has 3 rings (SSSR count). The predicted molar refractivity (Wildman–Crippen MR) is 73.4 cm³/mol. The second-order valence-electron chi connectivity index (χ2n) is 5.04. The molecule has 2 aromatic rings. The van der Waals surface area contributed by atoms with Crippen LogP contribution in [0.5, 0.6) is 0 Å². The van der Waals surface area contributed by atoms with E-state index in [0.29, 0.717) is 11.3 Å². The minimum Gasteiger partial charge on any atom is -0.351 e. The fraction of sp³-hybridized carbons (Fsp3) is 0.333. The number of aromatic amines is 1. The summed E-state index contributed by atoms with van der Waals surface area (Å²) in [6.45, 7) is 3.22. The quantitative estimate of drug-likeness (QED) is 0.840. The molecule has 0 atom stereocenters. The summed E-state index contributed by atoms with van der Waals surface area (Å²) < 4.78 is 0. The molecular weight excluding hydrogens is 240 g/mol. The van der Waals surface area contributed by atoms with Gasteiger partial charge in [0.15, 0.2) is 5.78 Å². The van der Waals surface area contributed by atoms with Gasteiger partial charge >= 0.3 is 0 Å². The molecule has 1 aliphatic heterocycles. The van der Waals surface area contributed by atoms with Gasteiger partial charge < -0.3 is 9.88 Å². The maximum absolute atomic E-state index is 12.3. The van der Waals surface area contributed by atoms with E-state index < -0.39 is 0 Å². The number of rotatable bonds is 2. The third kappa shape index (κ3) is 2.14. The van der Waals surface area contributed by atoms with Gasteiger partial charge in [0.05, 0.1) is 0 Å². The SMILES string of the molecule is CC(=O)c1ccc2cc(C(=O)N3CCCC3)[nH]c2c1. The van der Waals surface area contributed by atoms with Gasteiger partial charge in [0, 0.05) is 29.6 Å². The Hall–Kier alpha value is -2.10. The number of Topliss-reactive ketones (excluding diaryl/α,β-unsaturated/α-hetero) is 1. The number of carbonyl (C=O) groups excluding carboxylic acids is 2. The molecular formula is C15H16N2O2. The molecule has 1 N–H and O–H groups in total. The van der Waals surface area contributed by atoms with E-state index in [0.717, 1.165) is 36.8 Å². The number of fused-ring (bicyclic) bond motifs is 1. The summed E-state index contributed by atoms with van der Waals surface area (Å²) in [5.74, 6) is 0.0852. The van der Waals surface area contributed by atoms with E-state index in [-0.39, 0.29) is 11.7 Å². The van der Waals surface area contributed by atoms with Crippen LogP contribution in [0.15, 0.2) is 24.3 Å². The lowest BCUT2D eigenvalue weighted by Gasteiger charge is -2.13. The number of hydrogen-bond donors (Lipinski definition) is 1. The van der Waals surface area contributed by atoms with Gasteiger partial charge in [-0.2, -0.15) is 0 Å². The average Bonchev–Trinajstić information content (AvgIpc) is 3.06. The Morgan fingerprint density at radius 2 is 1.89 bits per heavy atom. The molecule has 1 fully saturated rings. The molecule has 98 valence electrons. The van der Waals surface area contributed by atoms with Crippen LogP contribution >= 0.6 is 0 Å². The fourth-order valence-corrected chi connectivity index (χ4v) is 2.55. The standard InChI is InChI=1S/C15H16N2O2/c1-10(18)11-4-5-12-9-14(16-13(12)8-11)15(19)17-6-2-3-7-17/h4-5,8-9,16H,2-3,6-7H2,1H3. The van der Waals surface area contributed by atoms with E-state index in [1.807, 2.05) is 17.0 Å². The number of aromatic nitrogens is 1. The smallest absolute Gasteiger partial charge is 0.270 e. The molecule has 1 saturated heterocycles. The van der Waals surface area contributed by atoms with Gasteiger partial charge in [0.2, 0.25) is 0 Å². The molecule has 1 amide bonds. The first-order chi connectivity index (χ1) is 9.15. The number of benzene rings is 1. The number of nitrogens with zero attached hydrogens (tertiary/aromatic N) is 1. The molecule has 0 spiro atoms. The topological polar surface area (TPSA) is 53.2 Å². The molecule has 0 saturated carbocycles. The van der Waals surface area contributed by atoms with Crippen LogP contribution in [0.3, 0.4) is 0 Å². The van der Waals surface area contributed by atoms with E-state index in [4.69, 9.17) is 0 Å². The number of amides is 1. The molecule has 0 aliphatic carbocycles. The van der Waals surface area contributed by atoms with Gasteiger partial charge in [0.1, 0.15) is 5.69 Å². The van der Waals surface area contributed by atoms with Crippen molar-refractivity contribution in [3.63, 3.8) is 0 Å². The zero-order valence-electron chi connectivity index (χ0n) is 10.9. The number of nitrogens with one attached hydrogen (secondary N) is 1. The molecule has 4 nitrogen and oxygen atoms in total. The van der Waals surface area contributed by atoms with Crippen LogP contribution in [0.25, 0.3) is 10.9 Å². The molecule has 1 aromatic carbocycles. The second-order valence-corrected chi connectivity index (χ2v) is 5.04. The normalized spacial score (nSPS) is 15.1. The average molecular weight is 256 g/mol. The summed E-state index contributed by atoms with van der Waals surface area (Å²) in [7, 11) is 0. The van der Waals surface area contributed by atoms with Crippen LogP contribution in [0, 0.1) is 0 Å². The van der Waals surface area contributed by atoms with E-state index in [9.17, 15) is 9.59 Å². The van der Waals surface area contributed by atoms with Crippen molar-refractivity contribution in [2.45, 2.75) is 19.8 Å². The van der Waals surface area contributed by atoms with Crippen molar-refractivity contribution in [1.82, 2.24) is 9.88 Å². The zero-order chi connectivity index (χ0) is 13.4. The van der Waals surface area contributed by atoms with Crippen LogP contribution in [0.2, 0.25) is 0 Å². The van der Waals surface area contributed by atoms with Crippen LogP contribution in [0.1, 0.15) is 40.6 Å². The summed E-state index contributed by atoms with van der Waals surface area (Å²) in [6, 6.07) is 7.34. The second kappa shape index (κ2) is 4.53. The highest BCUT2D eigenvalue weighted by atomic mass is 16.2. The molecule has 2 heterocycles. The van der Waals surface area contributed by atoms with Gasteiger partial charge in [-0.3, -0.25) is 9.59 Å². The number of H-pyrrole nitrogens is 1. The summed E-state index contributed by atoms with van der Waals surface area (Å²) in [6.07, 6.45) is 2.17. The molecule has 1 aliphatic rings. The van der Waals surface area contributed by atoms with Gasteiger partial charge in [-0.15, -0.1) is 0 Å². The maximum atomic E-state index is 12.3. The van der Waals surface area contributed by atoms with Crippen LogP contribution in [0.4, 0.5) is 0 Å². The Bertz CT molecular complexity index is 651. The monoisotopic (exact) mass is 256 g/mol. The summed E-state index contributed by atoms with van der Waals surface area (Å²) in [4.78, 5) is 28.6. The largest absolute Gasteiger partial charge is 0.351 e. The first-order valence-corrected chi connectivity index (χ1v) is 6.58.